The molecule has 0 radical (unpaired) electrons. The summed E-state index contributed by atoms with van der Waals surface area (Å²) < 4.78 is 13.7. The van der Waals surface area contributed by atoms with Crippen LogP contribution in [0.5, 0.6) is 11.8 Å². The summed E-state index contributed by atoms with van der Waals surface area (Å²) in [7, 11) is -1.79. The number of aromatic nitrogens is 2. The zero-order valence-electron chi connectivity index (χ0n) is 24.7. The number of amides is 1. The lowest BCUT2D eigenvalue weighted by atomic mass is 9.95. The number of phenols is 1. The molecule has 42 heavy (non-hydrogen) atoms. The fourth-order valence-electron chi connectivity index (χ4n) is 6.34. The molecule has 2 aromatic carbocycles. The second-order valence-electron chi connectivity index (χ2n) is 13.4. The van der Waals surface area contributed by atoms with Crippen molar-refractivity contribution in [1.82, 2.24) is 14.9 Å². The number of rotatable bonds is 8. The van der Waals surface area contributed by atoms with E-state index in [1.807, 2.05) is 18.2 Å². The number of hydrogen-bond donors (Lipinski definition) is 2. The monoisotopic (exact) mass is 702 g/mol. The first-order chi connectivity index (χ1) is 19.9. The van der Waals surface area contributed by atoms with Crippen LogP contribution in [-0.2, 0) is 17.5 Å². The number of carbonyl (C=O) groups is 1. The third-order valence-electron chi connectivity index (χ3n) is 8.48. The largest absolute Gasteiger partial charge is 0.508 e. The molecule has 2 N–H and O–H groups in total. The highest BCUT2D eigenvalue weighted by Gasteiger charge is 2.44. The van der Waals surface area contributed by atoms with E-state index in [2.05, 4.69) is 54.1 Å². The van der Waals surface area contributed by atoms with Gasteiger partial charge in [0.2, 0.25) is 0 Å². The zero-order chi connectivity index (χ0) is 29.9. The van der Waals surface area contributed by atoms with Crippen molar-refractivity contribution in [2.75, 3.05) is 31.2 Å². The Labute approximate surface area is 261 Å². The number of ether oxygens (including phenoxy) is 1. The Morgan fingerprint density at radius 2 is 1.93 bits per heavy atom. The molecule has 0 spiro atoms. The van der Waals surface area contributed by atoms with Crippen molar-refractivity contribution >= 4 is 53.4 Å². The fourth-order valence-corrected chi connectivity index (χ4v) is 8.80. The molecule has 0 bridgehead atoms. The van der Waals surface area contributed by atoms with E-state index < -0.39 is 8.32 Å². The molecule has 1 aromatic heterocycles. The van der Waals surface area contributed by atoms with Crippen LogP contribution in [0.1, 0.15) is 54.2 Å². The SMILES string of the molecule is C[C@@]1(O[Si](C)(C)C)CCCN(c2nc(OCC3(CO)CC3)nc3c2CN(C(=O)c2cc(O)cc4cccc(I)c24)C3)C1. The maximum Gasteiger partial charge on any atom is 0.318 e. The third kappa shape index (κ3) is 5.97. The predicted molar refractivity (Wildman–Crippen MR) is 172 cm³/mol. The van der Waals surface area contributed by atoms with E-state index in [1.54, 1.807) is 17.0 Å². The van der Waals surface area contributed by atoms with E-state index in [9.17, 15) is 15.0 Å². The molecule has 1 saturated heterocycles. The Hall–Kier alpha value is -2.48. The van der Waals surface area contributed by atoms with Crippen LogP contribution < -0.4 is 9.64 Å². The maximum atomic E-state index is 14.0. The Morgan fingerprint density at radius 3 is 2.64 bits per heavy atom. The quantitative estimate of drug-likeness (QED) is 0.236. The average Bonchev–Trinajstić information content (AvgIpc) is 3.58. The molecule has 9 nitrogen and oxygen atoms in total. The van der Waals surface area contributed by atoms with Gasteiger partial charge < -0.3 is 29.2 Å². The van der Waals surface area contributed by atoms with Crippen LogP contribution in [-0.4, -0.2) is 71.2 Å². The number of benzene rings is 2. The van der Waals surface area contributed by atoms with Gasteiger partial charge in [-0.15, -0.1) is 0 Å². The molecule has 6 rings (SSSR count). The first-order valence-electron chi connectivity index (χ1n) is 14.7. The molecule has 1 atom stereocenters. The lowest BCUT2D eigenvalue weighted by molar-refractivity contribution is 0.0635. The highest BCUT2D eigenvalue weighted by Crippen LogP contribution is 2.45. The number of phenolic OH excluding ortho intramolecular Hbond substituents is 1. The molecule has 224 valence electrons. The Kier molecular flexibility index (Phi) is 7.68. The number of aromatic hydroxyl groups is 1. The number of hydrogen-bond acceptors (Lipinski definition) is 8. The number of nitrogens with zero attached hydrogens (tertiary/aromatic N) is 4. The van der Waals surface area contributed by atoms with Gasteiger partial charge in [0.25, 0.3) is 5.91 Å². The van der Waals surface area contributed by atoms with Crippen molar-refractivity contribution in [2.45, 2.75) is 70.9 Å². The average molecular weight is 703 g/mol. The van der Waals surface area contributed by atoms with E-state index in [0.717, 1.165) is 63.6 Å². The van der Waals surface area contributed by atoms with Gasteiger partial charge in [-0.25, -0.2) is 0 Å². The smallest absolute Gasteiger partial charge is 0.318 e. The molecule has 1 aliphatic carbocycles. The van der Waals surface area contributed by atoms with E-state index in [-0.39, 0.29) is 35.3 Å². The first-order valence-corrected chi connectivity index (χ1v) is 19.2. The van der Waals surface area contributed by atoms with Gasteiger partial charge in [-0.3, -0.25) is 4.79 Å². The number of aliphatic hydroxyl groups excluding tert-OH is 1. The number of carbonyl (C=O) groups excluding carboxylic acids is 1. The molecule has 3 aromatic rings. The minimum atomic E-state index is -1.79. The molecule has 1 saturated carbocycles. The van der Waals surface area contributed by atoms with E-state index in [4.69, 9.17) is 19.1 Å². The van der Waals surface area contributed by atoms with Crippen molar-refractivity contribution in [1.29, 1.82) is 0 Å². The van der Waals surface area contributed by atoms with Gasteiger partial charge in [-0.2, -0.15) is 9.97 Å². The van der Waals surface area contributed by atoms with E-state index >= 15 is 0 Å². The summed E-state index contributed by atoms with van der Waals surface area (Å²) in [6, 6.07) is 9.34. The van der Waals surface area contributed by atoms with Gasteiger partial charge in [0.05, 0.1) is 43.2 Å². The molecule has 11 heteroatoms. The Bertz CT molecular complexity index is 1540. The van der Waals surface area contributed by atoms with Gasteiger partial charge in [-0.1, -0.05) is 12.1 Å². The molecule has 2 aliphatic heterocycles. The number of halogens is 1. The number of anilines is 1. The number of piperidine rings is 1. The summed E-state index contributed by atoms with van der Waals surface area (Å²) in [5, 5.41) is 21.9. The summed E-state index contributed by atoms with van der Waals surface area (Å²) in [5.41, 5.74) is 1.68. The second kappa shape index (κ2) is 10.9. The highest BCUT2D eigenvalue weighted by molar-refractivity contribution is 14.1. The third-order valence-corrected chi connectivity index (χ3v) is 10.5. The fraction of sp³-hybridized carbons (Fsp3) is 0.516. The van der Waals surface area contributed by atoms with Gasteiger partial charge in [0, 0.05) is 33.0 Å². The van der Waals surface area contributed by atoms with E-state index in [0.29, 0.717) is 31.8 Å². The first kappa shape index (κ1) is 29.6. The molecule has 2 fully saturated rings. The Balaban J connectivity index is 1.34. The molecular formula is C31H39IN4O5Si. The molecule has 3 heterocycles. The normalized spacial score (nSPS) is 21.5. The van der Waals surface area contributed by atoms with Crippen LogP contribution in [0.3, 0.4) is 0 Å². The van der Waals surface area contributed by atoms with Crippen molar-refractivity contribution in [3.63, 3.8) is 0 Å². The second-order valence-corrected chi connectivity index (χ2v) is 19.0. The van der Waals surface area contributed by atoms with Gasteiger partial charge >= 0.3 is 6.01 Å². The van der Waals surface area contributed by atoms with Crippen LogP contribution in [0.25, 0.3) is 10.8 Å². The van der Waals surface area contributed by atoms with Gasteiger partial charge in [0.15, 0.2) is 8.32 Å². The lowest BCUT2D eigenvalue weighted by Gasteiger charge is -2.44. The predicted octanol–water partition coefficient (Wildman–Crippen LogP) is 5.46. The summed E-state index contributed by atoms with van der Waals surface area (Å²) in [4.78, 5) is 27.8. The molecular weight excluding hydrogens is 663 g/mol. The van der Waals surface area contributed by atoms with Crippen LogP contribution in [0, 0.1) is 8.99 Å². The zero-order valence-corrected chi connectivity index (χ0v) is 27.9. The van der Waals surface area contributed by atoms with E-state index in [1.165, 1.54) is 0 Å². The van der Waals surface area contributed by atoms with Crippen LogP contribution in [0.2, 0.25) is 19.6 Å². The maximum absolute atomic E-state index is 14.0. The lowest BCUT2D eigenvalue weighted by Crippen LogP contribution is -2.52. The minimum absolute atomic E-state index is 0.0635. The summed E-state index contributed by atoms with van der Waals surface area (Å²) in [6.07, 6.45) is 3.81. The van der Waals surface area contributed by atoms with Crippen molar-refractivity contribution in [3.8, 4) is 11.8 Å². The van der Waals surface area contributed by atoms with Gasteiger partial charge in [0.1, 0.15) is 11.6 Å². The van der Waals surface area contributed by atoms with Crippen molar-refractivity contribution in [2.24, 2.45) is 5.41 Å². The Morgan fingerprint density at radius 1 is 1.14 bits per heavy atom. The van der Waals surface area contributed by atoms with Crippen molar-refractivity contribution < 1.29 is 24.2 Å². The summed E-state index contributed by atoms with van der Waals surface area (Å²) >= 11 is 2.24. The summed E-state index contributed by atoms with van der Waals surface area (Å²) in [6.45, 7) is 11.5. The summed E-state index contributed by atoms with van der Waals surface area (Å²) in [5.74, 6) is 0.697. The van der Waals surface area contributed by atoms with Gasteiger partial charge in [-0.05, 0) is 98.4 Å². The van der Waals surface area contributed by atoms with Crippen LogP contribution in [0.15, 0.2) is 30.3 Å². The molecule has 1 amide bonds. The minimum Gasteiger partial charge on any atom is -0.508 e. The standard InChI is InChI=1S/C31H39IN4O5Si/c1-30(41-42(2,3)4)9-6-12-35(17-30)27-23-15-36(16-25(23)33-29(34-27)40-19-31(18-37)10-11-31)28(39)22-14-21(38)13-20-7-5-8-24(32)26(20)22/h5,7-8,13-14,37-38H,6,9-12,15-19H2,1-4H3/t30-/m1/s1. The molecule has 3 aliphatic rings. The molecule has 0 unspecified atom stereocenters. The van der Waals surface area contributed by atoms with Crippen LogP contribution >= 0.6 is 22.6 Å². The topological polar surface area (TPSA) is 108 Å². The number of aliphatic hydroxyl groups is 1. The van der Waals surface area contributed by atoms with Crippen LogP contribution in [0.4, 0.5) is 5.82 Å². The number of fused-ring (bicyclic) bond motifs is 2. The van der Waals surface area contributed by atoms with Crippen molar-refractivity contribution in [3.05, 3.63) is 50.7 Å². The highest BCUT2D eigenvalue weighted by atomic mass is 127.